The van der Waals surface area contributed by atoms with Crippen molar-refractivity contribution in [3.8, 4) is 17.2 Å². The van der Waals surface area contributed by atoms with E-state index in [0.717, 1.165) is 5.56 Å². The van der Waals surface area contributed by atoms with Gasteiger partial charge in [-0.2, -0.15) is 0 Å². The lowest BCUT2D eigenvalue weighted by molar-refractivity contribution is -0.115. The van der Waals surface area contributed by atoms with E-state index >= 15 is 0 Å². The van der Waals surface area contributed by atoms with Crippen molar-refractivity contribution in [1.29, 1.82) is 0 Å². The number of carbonyl (C=O) groups is 1. The van der Waals surface area contributed by atoms with Gasteiger partial charge in [-0.15, -0.1) is 0 Å². The molecule has 0 unspecified atom stereocenters. The van der Waals surface area contributed by atoms with Gasteiger partial charge in [0.15, 0.2) is 5.17 Å². The van der Waals surface area contributed by atoms with Crippen LogP contribution in [0.25, 0.3) is 6.08 Å². The highest BCUT2D eigenvalue weighted by atomic mass is 35.5. The van der Waals surface area contributed by atoms with Gasteiger partial charge in [0.05, 0.1) is 37.5 Å². The molecule has 6 nitrogen and oxygen atoms in total. The summed E-state index contributed by atoms with van der Waals surface area (Å²) in [5.74, 6) is 1.42. The summed E-state index contributed by atoms with van der Waals surface area (Å²) in [4.78, 5) is 17.4. The normalized spacial score (nSPS) is 16.4. The van der Waals surface area contributed by atoms with Crippen LogP contribution in [-0.4, -0.2) is 32.4 Å². The summed E-state index contributed by atoms with van der Waals surface area (Å²) in [6.07, 6.45) is 1.71. The topological polar surface area (TPSA) is 69.2 Å². The number of aliphatic imine (C=N–C) groups is 1. The average Bonchev–Trinajstić information content (AvgIpc) is 3.04. The standard InChI is InChI=1S/C20H19ClN2O4S/c1-11-14(21)6-5-7-15(11)22-20-23-19(24)18(28-20)10-13-16(26-3)8-12(25-2)9-17(13)27-4/h5-10H,1-4H3,(H,22,23,24)/b18-10+. The van der Waals surface area contributed by atoms with Gasteiger partial charge in [-0.1, -0.05) is 17.7 Å². The number of rotatable bonds is 5. The minimum atomic E-state index is -0.247. The predicted octanol–water partition coefficient (Wildman–Crippen LogP) is 4.57. The molecule has 1 amide bonds. The van der Waals surface area contributed by atoms with Crippen LogP contribution < -0.4 is 19.5 Å². The van der Waals surface area contributed by atoms with E-state index in [2.05, 4.69) is 10.3 Å². The second-order valence-corrected chi connectivity index (χ2v) is 7.25. The molecule has 0 spiro atoms. The van der Waals surface area contributed by atoms with Crippen LogP contribution in [0, 0.1) is 6.92 Å². The van der Waals surface area contributed by atoms with Crippen molar-refractivity contribution in [1.82, 2.24) is 5.32 Å². The van der Waals surface area contributed by atoms with E-state index < -0.39 is 0 Å². The molecule has 0 aliphatic carbocycles. The van der Waals surface area contributed by atoms with E-state index in [1.165, 1.54) is 11.8 Å². The number of carbonyl (C=O) groups excluding carboxylic acids is 1. The molecule has 1 aliphatic rings. The van der Waals surface area contributed by atoms with Crippen molar-refractivity contribution >= 4 is 46.2 Å². The molecule has 0 bridgehead atoms. The summed E-state index contributed by atoms with van der Waals surface area (Å²) >= 11 is 7.38. The smallest absolute Gasteiger partial charge is 0.264 e. The molecule has 3 rings (SSSR count). The molecule has 1 aliphatic heterocycles. The van der Waals surface area contributed by atoms with Gasteiger partial charge in [-0.25, -0.2) is 4.99 Å². The van der Waals surface area contributed by atoms with Gasteiger partial charge in [-0.05, 0) is 42.5 Å². The second-order valence-electron chi connectivity index (χ2n) is 5.81. The number of amidine groups is 1. The van der Waals surface area contributed by atoms with E-state index in [1.807, 2.05) is 19.1 Å². The Bertz CT molecular complexity index is 963. The zero-order chi connectivity index (χ0) is 20.3. The Morgan fingerprint density at radius 2 is 1.79 bits per heavy atom. The number of methoxy groups -OCH3 is 3. The summed E-state index contributed by atoms with van der Waals surface area (Å²) in [5, 5.41) is 3.88. The minimum Gasteiger partial charge on any atom is -0.496 e. The monoisotopic (exact) mass is 418 g/mol. The van der Waals surface area contributed by atoms with Crippen LogP contribution >= 0.6 is 23.4 Å². The molecular weight excluding hydrogens is 400 g/mol. The van der Waals surface area contributed by atoms with Crippen molar-refractivity contribution in [3.05, 3.63) is 51.4 Å². The second kappa shape index (κ2) is 8.58. The number of thioether (sulfide) groups is 1. The van der Waals surface area contributed by atoms with Crippen LogP contribution in [0.1, 0.15) is 11.1 Å². The fraction of sp³-hybridized carbons (Fsp3) is 0.200. The average molecular weight is 419 g/mol. The highest BCUT2D eigenvalue weighted by Crippen LogP contribution is 2.38. The fourth-order valence-electron chi connectivity index (χ4n) is 2.61. The Balaban J connectivity index is 1.97. The van der Waals surface area contributed by atoms with E-state index in [1.54, 1.807) is 45.6 Å². The van der Waals surface area contributed by atoms with E-state index in [-0.39, 0.29) is 5.91 Å². The number of hydrogen-bond acceptors (Lipinski definition) is 6. The third-order valence-electron chi connectivity index (χ3n) is 4.14. The lowest BCUT2D eigenvalue weighted by Crippen LogP contribution is -2.19. The maximum atomic E-state index is 12.4. The first kappa shape index (κ1) is 20.1. The van der Waals surface area contributed by atoms with Gasteiger partial charge in [-0.3, -0.25) is 4.79 Å². The number of benzene rings is 2. The van der Waals surface area contributed by atoms with E-state index in [4.69, 9.17) is 25.8 Å². The van der Waals surface area contributed by atoms with Crippen LogP contribution in [0.2, 0.25) is 5.02 Å². The molecule has 1 saturated heterocycles. The van der Waals surface area contributed by atoms with Crippen molar-refractivity contribution in [3.63, 3.8) is 0 Å². The Morgan fingerprint density at radius 1 is 1.11 bits per heavy atom. The van der Waals surface area contributed by atoms with Gasteiger partial charge in [0.1, 0.15) is 17.2 Å². The molecule has 146 valence electrons. The van der Waals surface area contributed by atoms with Crippen LogP contribution in [0.4, 0.5) is 5.69 Å². The zero-order valence-corrected chi connectivity index (χ0v) is 17.4. The summed E-state index contributed by atoms with van der Waals surface area (Å²) in [5.41, 5.74) is 2.20. The molecule has 0 aromatic heterocycles. The number of amides is 1. The minimum absolute atomic E-state index is 0.247. The molecular formula is C20H19ClN2O4S. The van der Waals surface area contributed by atoms with Crippen molar-refractivity contribution in [2.45, 2.75) is 6.92 Å². The van der Waals surface area contributed by atoms with Crippen molar-refractivity contribution < 1.29 is 19.0 Å². The van der Waals surface area contributed by atoms with Crippen molar-refractivity contribution in [2.24, 2.45) is 4.99 Å². The SMILES string of the molecule is COc1cc(OC)c(/C=C2/SC(=Nc3cccc(Cl)c3C)NC2=O)c(OC)c1. The van der Waals surface area contributed by atoms with Gasteiger partial charge in [0, 0.05) is 17.2 Å². The first-order valence-electron chi connectivity index (χ1n) is 8.31. The van der Waals surface area contributed by atoms with Gasteiger partial charge < -0.3 is 19.5 Å². The Hall–Kier alpha value is -2.64. The van der Waals surface area contributed by atoms with Crippen LogP contribution in [0.15, 0.2) is 40.2 Å². The summed E-state index contributed by atoms with van der Waals surface area (Å²) in [6.45, 7) is 1.88. The third-order valence-corrected chi connectivity index (χ3v) is 5.46. The summed E-state index contributed by atoms with van der Waals surface area (Å²) < 4.78 is 16.1. The molecule has 28 heavy (non-hydrogen) atoms. The number of halogens is 1. The highest BCUT2D eigenvalue weighted by Gasteiger charge is 2.25. The van der Waals surface area contributed by atoms with Gasteiger partial charge >= 0.3 is 0 Å². The number of hydrogen-bond donors (Lipinski definition) is 1. The summed E-state index contributed by atoms with van der Waals surface area (Å²) in [6, 6.07) is 8.93. The molecule has 1 heterocycles. The molecule has 0 radical (unpaired) electrons. The van der Waals surface area contributed by atoms with E-state index in [9.17, 15) is 4.79 Å². The number of ether oxygens (including phenoxy) is 3. The van der Waals surface area contributed by atoms with Crippen molar-refractivity contribution in [2.75, 3.05) is 21.3 Å². The van der Waals surface area contributed by atoms with Crippen LogP contribution in [0.5, 0.6) is 17.2 Å². The predicted molar refractivity (Wildman–Crippen MR) is 113 cm³/mol. The maximum absolute atomic E-state index is 12.4. The molecule has 2 aromatic carbocycles. The molecule has 1 fully saturated rings. The highest BCUT2D eigenvalue weighted by molar-refractivity contribution is 8.18. The third kappa shape index (κ3) is 4.10. The quantitative estimate of drug-likeness (QED) is 0.720. The Morgan fingerprint density at radius 3 is 2.39 bits per heavy atom. The first-order valence-corrected chi connectivity index (χ1v) is 9.51. The zero-order valence-electron chi connectivity index (χ0n) is 15.8. The Labute approximate surface area is 172 Å². The molecule has 8 heteroatoms. The first-order chi connectivity index (χ1) is 13.5. The maximum Gasteiger partial charge on any atom is 0.264 e. The lowest BCUT2D eigenvalue weighted by atomic mass is 10.1. The molecule has 2 aromatic rings. The molecule has 1 N–H and O–H groups in total. The van der Waals surface area contributed by atoms with Crippen LogP contribution in [0.3, 0.4) is 0 Å². The van der Waals surface area contributed by atoms with E-state index in [0.29, 0.717) is 43.6 Å². The number of nitrogens with zero attached hydrogens (tertiary/aromatic N) is 1. The van der Waals surface area contributed by atoms with Gasteiger partial charge in [0.2, 0.25) is 0 Å². The Kier molecular flexibility index (Phi) is 6.16. The fourth-order valence-corrected chi connectivity index (χ4v) is 3.60. The van der Waals surface area contributed by atoms with Gasteiger partial charge in [0.25, 0.3) is 5.91 Å². The molecule has 0 saturated carbocycles. The summed E-state index contributed by atoms with van der Waals surface area (Å²) in [7, 11) is 4.66. The molecule has 0 atom stereocenters. The number of nitrogens with one attached hydrogen (secondary N) is 1. The largest absolute Gasteiger partial charge is 0.496 e. The lowest BCUT2D eigenvalue weighted by Gasteiger charge is -2.12. The van der Waals surface area contributed by atoms with Crippen LogP contribution in [-0.2, 0) is 4.79 Å².